The quantitative estimate of drug-likeness (QED) is 0.860. The minimum atomic E-state index is -0.881. The second kappa shape index (κ2) is 5.15. The predicted molar refractivity (Wildman–Crippen MR) is 96.4 cm³/mol. The Morgan fingerprint density at radius 1 is 1.36 bits per heavy atom. The topological polar surface area (TPSA) is 66.6 Å². The molecule has 3 N–H and O–H groups in total. The summed E-state index contributed by atoms with van der Waals surface area (Å²) in [6.07, 6.45) is 5.18. The molecule has 0 unspecified atom stereocenters. The summed E-state index contributed by atoms with van der Waals surface area (Å²) in [6, 6.07) is 6.18. The summed E-state index contributed by atoms with van der Waals surface area (Å²) >= 11 is 0. The van der Waals surface area contributed by atoms with Crippen LogP contribution < -0.4 is 5.73 Å². The highest BCUT2D eigenvalue weighted by molar-refractivity contribution is 5.87. The summed E-state index contributed by atoms with van der Waals surface area (Å²) in [4.78, 5) is 15.1. The van der Waals surface area contributed by atoms with Gasteiger partial charge in [0, 0.05) is 30.8 Å². The van der Waals surface area contributed by atoms with Crippen LogP contribution in [0.25, 0.3) is 0 Å². The summed E-state index contributed by atoms with van der Waals surface area (Å²) in [5.41, 5.74) is 8.58. The first kappa shape index (κ1) is 16.0. The number of likely N-dealkylation sites (tertiary alicyclic amines) is 1. The van der Waals surface area contributed by atoms with Crippen molar-refractivity contribution in [3.63, 3.8) is 0 Å². The molecule has 1 aromatic rings. The Kier molecular flexibility index (Phi) is 3.29. The maximum Gasteiger partial charge on any atom is 0.150 e. The Balaban J connectivity index is 1.66. The van der Waals surface area contributed by atoms with Crippen LogP contribution >= 0.6 is 0 Å². The average Bonchev–Trinajstić information content (AvgIpc) is 3.36. The van der Waals surface area contributed by atoms with E-state index in [0.29, 0.717) is 12.8 Å². The van der Waals surface area contributed by atoms with E-state index in [0.717, 1.165) is 31.8 Å². The van der Waals surface area contributed by atoms with Gasteiger partial charge in [0.15, 0.2) is 5.78 Å². The van der Waals surface area contributed by atoms with Gasteiger partial charge in [-0.3, -0.25) is 9.69 Å². The third kappa shape index (κ3) is 2.14. The van der Waals surface area contributed by atoms with E-state index in [1.807, 2.05) is 0 Å². The number of carbonyl (C=O) groups excluding carboxylic acids is 1. The lowest BCUT2D eigenvalue weighted by Crippen LogP contribution is -2.75. The zero-order valence-electron chi connectivity index (χ0n) is 15.0. The number of nitrogens with two attached hydrogens (primary N) is 1. The largest absolute Gasteiger partial charge is 0.387 e. The van der Waals surface area contributed by atoms with Gasteiger partial charge in [0.05, 0.1) is 11.6 Å². The fraction of sp³-hybridized carbons (Fsp3) is 0.667. The van der Waals surface area contributed by atoms with E-state index in [1.54, 1.807) is 0 Å². The van der Waals surface area contributed by atoms with E-state index in [2.05, 4.69) is 30.0 Å². The number of piperidine rings is 1. The third-order valence-electron chi connectivity index (χ3n) is 7.45. The first-order valence-electron chi connectivity index (χ1n) is 9.78. The van der Waals surface area contributed by atoms with Gasteiger partial charge in [0.25, 0.3) is 0 Å². The Labute approximate surface area is 149 Å². The summed E-state index contributed by atoms with van der Waals surface area (Å²) in [7, 11) is 0. The second-order valence-corrected chi connectivity index (χ2v) is 9.03. The molecular weight excluding hydrogens is 312 g/mol. The molecule has 0 spiro atoms. The van der Waals surface area contributed by atoms with E-state index in [4.69, 9.17) is 5.73 Å². The van der Waals surface area contributed by atoms with Crippen molar-refractivity contribution in [2.75, 3.05) is 13.1 Å². The van der Waals surface area contributed by atoms with Crippen molar-refractivity contribution in [3.8, 4) is 0 Å². The molecule has 0 aromatic heterocycles. The monoisotopic (exact) mass is 340 g/mol. The lowest BCUT2D eigenvalue weighted by atomic mass is 9.48. The highest BCUT2D eigenvalue weighted by Crippen LogP contribution is 2.57. The zero-order valence-corrected chi connectivity index (χ0v) is 15.0. The van der Waals surface area contributed by atoms with Crippen molar-refractivity contribution in [3.05, 3.63) is 34.9 Å². The number of carbonyl (C=O) groups is 1. The van der Waals surface area contributed by atoms with Gasteiger partial charge >= 0.3 is 0 Å². The van der Waals surface area contributed by atoms with Gasteiger partial charge in [-0.2, -0.15) is 0 Å². The van der Waals surface area contributed by atoms with E-state index in [9.17, 15) is 9.90 Å². The highest BCUT2D eigenvalue weighted by atomic mass is 16.3. The van der Waals surface area contributed by atoms with Gasteiger partial charge in [0.1, 0.15) is 0 Å². The van der Waals surface area contributed by atoms with Gasteiger partial charge in [-0.25, -0.2) is 0 Å². The first-order valence-corrected chi connectivity index (χ1v) is 9.78. The van der Waals surface area contributed by atoms with E-state index >= 15 is 0 Å². The molecule has 1 saturated heterocycles. The second-order valence-electron chi connectivity index (χ2n) is 9.03. The number of fused-ring (bicyclic) bond motifs is 1. The zero-order chi connectivity index (χ0) is 17.4. The molecule has 3 fully saturated rings. The van der Waals surface area contributed by atoms with Crippen LogP contribution in [0.5, 0.6) is 0 Å². The minimum absolute atomic E-state index is 0.0937. The van der Waals surface area contributed by atoms with Crippen molar-refractivity contribution in [2.24, 2.45) is 11.7 Å². The number of hydrogen-bond acceptors (Lipinski definition) is 4. The molecule has 4 nitrogen and oxygen atoms in total. The molecular formula is C21H28N2O2. The lowest BCUT2D eigenvalue weighted by molar-refractivity contribution is -0.175. The maximum atomic E-state index is 12.6. The van der Waals surface area contributed by atoms with Gasteiger partial charge in [-0.15, -0.1) is 0 Å². The van der Waals surface area contributed by atoms with Crippen LogP contribution in [0.2, 0.25) is 0 Å². The first-order chi connectivity index (χ1) is 11.9. The Hall–Kier alpha value is -1.23. The van der Waals surface area contributed by atoms with Crippen LogP contribution in [0, 0.1) is 12.8 Å². The molecule has 0 amide bonds. The molecule has 1 aliphatic heterocycles. The molecule has 0 radical (unpaired) electrons. The molecule has 3 aliphatic carbocycles. The van der Waals surface area contributed by atoms with Crippen LogP contribution in [-0.2, 0) is 16.6 Å². The van der Waals surface area contributed by atoms with Gasteiger partial charge in [0.2, 0.25) is 0 Å². The summed E-state index contributed by atoms with van der Waals surface area (Å²) < 4.78 is 0. The normalized spacial score (nSPS) is 40.5. The molecule has 2 saturated carbocycles. The van der Waals surface area contributed by atoms with E-state index < -0.39 is 17.1 Å². The molecule has 5 rings (SSSR count). The van der Waals surface area contributed by atoms with Crippen molar-refractivity contribution >= 4 is 5.78 Å². The number of ketones is 1. The summed E-state index contributed by atoms with van der Waals surface area (Å²) in [5.74, 6) is 0.919. The van der Waals surface area contributed by atoms with Crippen LogP contribution in [-0.4, -0.2) is 46.6 Å². The van der Waals surface area contributed by atoms with Crippen molar-refractivity contribution in [1.29, 1.82) is 0 Å². The highest BCUT2D eigenvalue weighted by Gasteiger charge is 2.66. The standard InChI is InChI=1S/C21H28N2O2/c1-13-2-5-15-9-19-21(25)10-17(22)18(24)11-20(21,16(15)8-13)6-7-23(19)12-14-3-4-14/h2,5,8,14,17,19,25H,3-4,6-7,9-12,22H2,1H3/t17-,19+,20+,21+/m0/s1. The number of hydrogen-bond donors (Lipinski definition) is 2. The Bertz CT molecular complexity index is 743. The number of benzene rings is 1. The predicted octanol–water partition coefficient (Wildman–Crippen LogP) is 1.69. The minimum Gasteiger partial charge on any atom is -0.387 e. The van der Waals surface area contributed by atoms with E-state index in [1.165, 1.54) is 29.5 Å². The molecule has 134 valence electrons. The van der Waals surface area contributed by atoms with Gasteiger partial charge in [-0.05, 0) is 56.2 Å². The van der Waals surface area contributed by atoms with Crippen molar-refractivity contribution in [2.45, 2.75) is 68.5 Å². The molecule has 1 aromatic carbocycles. The van der Waals surface area contributed by atoms with Crippen LogP contribution in [0.4, 0.5) is 0 Å². The summed E-state index contributed by atoms with van der Waals surface area (Å²) in [6.45, 7) is 4.17. The van der Waals surface area contributed by atoms with Crippen molar-refractivity contribution in [1.82, 2.24) is 4.90 Å². The van der Waals surface area contributed by atoms with Crippen LogP contribution in [0.3, 0.4) is 0 Å². The van der Waals surface area contributed by atoms with Crippen molar-refractivity contribution < 1.29 is 9.90 Å². The molecule has 2 bridgehead atoms. The Morgan fingerprint density at radius 2 is 2.16 bits per heavy atom. The number of Topliss-reactive ketones (excluding diaryl/α,β-unsaturated/α-hetero) is 1. The van der Waals surface area contributed by atoms with Gasteiger partial charge < -0.3 is 10.8 Å². The fourth-order valence-corrected chi connectivity index (χ4v) is 5.91. The number of aryl methyl sites for hydroxylation is 1. The number of aliphatic hydroxyl groups is 1. The summed E-state index contributed by atoms with van der Waals surface area (Å²) in [5, 5.41) is 12.0. The maximum absolute atomic E-state index is 12.6. The smallest absolute Gasteiger partial charge is 0.150 e. The Morgan fingerprint density at radius 3 is 2.92 bits per heavy atom. The molecule has 4 heteroatoms. The molecule has 4 aliphatic rings. The van der Waals surface area contributed by atoms with Crippen LogP contribution in [0.1, 0.15) is 48.8 Å². The SMILES string of the molecule is Cc1ccc2c(c1)[C@]13CCN(CC4CC4)[C@H](C2)[C@]1(O)C[C@H](N)C(=O)C3. The lowest BCUT2D eigenvalue weighted by Gasteiger charge is -2.64. The molecule has 4 atom stereocenters. The third-order valence-corrected chi connectivity index (χ3v) is 7.45. The molecule has 1 heterocycles. The van der Waals surface area contributed by atoms with E-state index in [-0.39, 0.29) is 11.8 Å². The fourth-order valence-electron chi connectivity index (χ4n) is 5.91. The molecule has 25 heavy (non-hydrogen) atoms. The number of nitrogens with zero attached hydrogens (tertiary/aromatic N) is 1. The van der Waals surface area contributed by atoms with Crippen LogP contribution in [0.15, 0.2) is 18.2 Å². The number of rotatable bonds is 2. The average molecular weight is 340 g/mol. The van der Waals surface area contributed by atoms with Gasteiger partial charge in [-0.1, -0.05) is 23.8 Å².